The Bertz CT molecular complexity index is 2460. The Morgan fingerprint density at radius 2 is 0.492 bits per heavy atom. The monoisotopic (exact) mass is 848 g/mol. The lowest BCUT2D eigenvalue weighted by Gasteiger charge is -2.09. The summed E-state index contributed by atoms with van der Waals surface area (Å²) >= 11 is -4.86. The molecule has 7 aromatic rings. The molecule has 7 aromatic carbocycles. The Balaban J connectivity index is 0.000000208. The second kappa shape index (κ2) is 20.8. The molecule has 0 saturated heterocycles. The lowest BCUT2D eigenvalue weighted by Crippen LogP contribution is -2.01. The molecular formula is C46H40O10S3. The number of hydrogen-bond donors (Lipinski definition) is 0. The lowest BCUT2D eigenvalue weighted by atomic mass is 10.2. The molecule has 0 N–H and O–H groups in total. The third-order valence-corrected chi connectivity index (χ3v) is 11.2. The highest BCUT2D eigenvalue weighted by Crippen LogP contribution is 2.28. The van der Waals surface area contributed by atoms with E-state index in [1.165, 1.54) is 5.56 Å². The molecule has 7 rings (SSSR count). The normalized spacial score (nSPS) is 12.1. The SMILES string of the molecule is COc1ccc(OS(=O)c2ccc(Oc3ccc(C)cc3)cc2)cc1.COc1ccc(OS(=O)c2ccc(Oc3ccc(OS(=O)c4ccc(C)cc4)cc3)cc2)cc1. The number of benzene rings is 7. The van der Waals surface area contributed by atoms with Crippen LogP contribution in [0.1, 0.15) is 11.1 Å². The Hall–Kier alpha value is -6.41. The van der Waals surface area contributed by atoms with E-state index in [4.69, 9.17) is 31.5 Å². The van der Waals surface area contributed by atoms with E-state index in [2.05, 4.69) is 0 Å². The molecule has 0 bridgehead atoms. The number of hydrogen-bond acceptors (Lipinski definition) is 10. The summed E-state index contributed by atoms with van der Waals surface area (Å²) in [4.78, 5) is 1.66. The molecule has 10 nitrogen and oxygen atoms in total. The summed E-state index contributed by atoms with van der Waals surface area (Å²) in [6.07, 6.45) is 0. The molecule has 3 unspecified atom stereocenters. The standard InChI is InChI=1S/C26H22O6S2.C20H18O4S/c1-19-3-15-25(16-4-19)33(27)32-24-11-7-21(8-12-24)30-22-13-17-26(18-14-22)34(28)31-23-9-5-20(29-2)6-10-23;1-15-3-5-17(6-4-15)23-18-11-13-20(14-12-18)25(21)24-19-9-7-16(22-2)8-10-19/h3-18H,1-2H3;3-14H,1-2H3. The zero-order valence-corrected chi connectivity index (χ0v) is 34.9. The van der Waals surface area contributed by atoms with Gasteiger partial charge in [0.15, 0.2) is 0 Å². The molecule has 3 atom stereocenters. The van der Waals surface area contributed by atoms with E-state index in [1.807, 2.05) is 50.2 Å². The quantitative estimate of drug-likeness (QED) is 0.0987. The minimum absolute atomic E-state index is 0.465. The fourth-order valence-corrected chi connectivity index (χ4v) is 7.22. The summed E-state index contributed by atoms with van der Waals surface area (Å²) in [6.45, 7) is 3.99. The van der Waals surface area contributed by atoms with Gasteiger partial charge in [0.25, 0.3) is 0 Å². The Kier molecular flexibility index (Phi) is 14.9. The van der Waals surface area contributed by atoms with E-state index in [9.17, 15) is 12.6 Å². The molecule has 0 amide bonds. The predicted molar refractivity (Wildman–Crippen MR) is 229 cm³/mol. The molecule has 0 saturated carbocycles. The molecule has 0 aliphatic carbocycles. The molecule has 0 fully saturated rings. The van der Waals surface area contributed by atoms with Crippen molar-refractivity contribution in [1.29, 1.82) is 0 Å². The van der Waals surface area contributed by atoms with Gasteiger partial charge in [-0.05, 0) is 159 Å². The number of rotatable bonds is 15. The van der Waals surface area contributed by atoms with E-state index in [1.54, 1.807) is 148 Å². The van der Waals surface area contributed by atoms with Gasteiger partial charge in [-0.1, -0.05) is 35.4 Å². The average Bonchev–Trinajstić information content (AvgIpc) is 3.26. The zero-order valence-electron chi connectivity index (χ0n) is 32.5. The highest BCUT2D eigenvalue weighted by atomic mass is 32.2. The number of ether oxygens (including phenoxy) is 4. The van der Waals surface area contributed by atoms with Gasteiger partial charge in [0, 0.05) is 0 Å². The van der Waals surface area contributed by atoms with Crippen molar-refractivity contribution in [3.05, 3.63) is 181 Å². The van der Waals surface area contributed by atoms with Crippen LogP contribution in [0.2, 0.25) is 0 Å². The van der Waals surface area contributed by atoms with Crippen molar-refractivity contribution in [2.45, 2.75) is 28.5 Å². The highest BCUT2D eigenvalue weighted by molar-refractivity contribution is 7.81. The molecule has 59 heavy (non-hydrogen) atoms. The number of aryl methyl sites for hydroxylation is 2. The lowest BCUT2D eigenvalue weighted by molar-refractivity contribution is 0.414. The summed E-state index contributed by atoms with van der Waals surface area (Å²) in [6, 6.07) is 49.5. The van der Waals surface area contributed by atoms with Gasteiger partial charge < -0.3 is 31.5 Å². The van der Waals surface area contributed by atoms with Crippen LogP contribution in [0, 0.1) is 13.8 Å². The van der Waals surface area contributed by atoms with E-state index in [-0.39, 0.29) is 0 Å². The van der Waals surface area contributed by atoms with E-state index in [0.717, 1.165) is 17.1 Å². The van der Waals surface area contributed by atoms with Gasteiger partial charge in [-0.25, -0.2) is 12.6 Å². The van der Waals surface area contributed by atoms with E-state index < -0.39 is 33.2 Å². The Morgan fingerprint density at radius 1 is 0.288 bits per heavy atom. The maximum atomic E-state index is 12.5. The van der Waals surface area contributed by atoms with Crippen LogP contribution in [-0.4, -0.2) is 26.8 Å². The van der Waals surface area contributed by atoms with E-state index >= 15 is 0 Å². The van der Waals surface area contributed by atoms with Crippen molar-refractivity contribution < 1.29 is 44.1 Å². The largest absolute Gasteiger partial charge is 0.497 e. The fraction of sp³-hybridized carbons (Fsp3) is 0.0870. The van der Waals surface area contributed by atoms with Crippen LogP contribution >= 0.6 is 0 Å². The summed E-state index contributed by atoms with van der Waals surface area (Å²) in [5.74, 6) is 5.45. The summed E-state index contributed by atoms with van der Waals surface area (Å²) in [5.41, 5.74) is 2.26. The van der Waals surface area contributed by atoms with Crippen molar-refractivity contribution in [2.75, 3.05) is 14.2 Å². The first-order valence-corrected chi connectivity index (χ1v) is 21.2. The molecular weight excluding hydrogens is 809 g/mol. The third-order valence-electron chi connectivity index (χ3n) is 8.20. The van der Waals surface area contributed by atoms with Crippen molar-refractivity contribution in [3.63, 3.8) is 0 Å². The van der Waals surface area contributed by atoms with Crippen LogP contribution in [0.15, 0.2) is 185 Å². The molecule has 13 heteroatoms. The summed E-state index contributed by atoms with van der Waals surface area (Å²) in [5, 5.41) is 0. The highest BCUT2D eigenvalue weighted by Gasteiger charge is 2.11. The maximum absolute atomic E-state index is 12.5. The van der Waals surface area contributed by atoms with Gasteiger partial charge in [-0.15, -0.1) is 0 Å². The van der Waals surface area contributed by atoms with Crippen molar-refractivity contribution in [1.82, 2.24) is 0 Å². The molecule has 0 spiro atoms. The Morgan fingerprint density at radius 3 is 0.780 bits per heavy atom. The molecule has 0 aliphatic heterocycles. The summed E-state index contributed by atoms with van der Waals surface area (Å²) < 4.78 is 75.3. The second-order valence-electron chi connectivity index (χ2n) is 12.5. The summed E-state index contributed by atoms with van der Waals surface area (Å²) in [7, 11) is 3.17. The van der Waals surface area contributed by atoms with Gasteiger partial charge in [-0.2, -0.15) is 0 Å². The van der Waals surface area contributed by atoms with Crippen molar-refractivity contribution in [2.24, 2.45) is 0 Å². The minimum atomic E-state index is -1.67. The van der Waals surface area contributed by atoms with Crippen LogP contribution in [-0.2, 0) is 33.2 Å². The van der Waals surface area contributed by atoms with Gasteiger partial charge in [0.05, 0.1) is 28.9 Å². The molecule has 0 aromatic heterocycles. The van der Waals surface area contributed by atoms with Gasteiger partial charge in [0.2, 0.25) is 33.2 Å². The van der Waals surface area contributed by atoms with Gasteiger partial charge in [0.1, 0.15) is 51.7 Å². The predicted octanol–water partition coefficient (Wildman–Crippen LogP) is 10.9. The van der Waals surface area contributed by atoms with Crippen LogP contribution in [0.5, 0.6) is 51.7 Å². The molecule has 0 aliphatic rings. The molecule has 0 radical (unpaired) electrons. The van der Waals surface area contributed by atoms with Crippen molar-refractivity contribution in [3.8, 4) is 51.7 Å². The van der Waals surface area contributed by atoms with Crippen LogP contribution in [0.4, 0.5) is 0 Å². The Labute approximate surface area is 351 Å². The van der Waals surface area contributed by atoms with Crippen LogP contribution in [0.25, 0.3) is 0 Å². The van der Waals surface area contributed by atoms with Gasteiger partial charge >= 0.3 is 0 Å². The fourth-order valence-electron chi connectivity index (χ4n) is 5.00. The minimum Gasteiger partial charge on any atom is -0.497 e. The first-order valence-electron chi connectivity index (χ1n) is 18.0. The topological polar surface area (TPSA) is 116 Å². The average molecular weight is 849 g/mol. The first kappa shape index (κ1) is 42.2. The maximum Gasteiger partial charge on any atom is 0.240 e. The molecule has 0 heterocycles. The number of methoxy groups -OCH3 is 2. The second-order valence-corrected chi connectivity index (χ2v) is 15.9. The zero-order chi connectivity index (χ0) is 41.6. The van der Waals surface area contributed by atoms with Crippen molar-refractivity contribution >= 4 is 33.2 Å². The smallest absolute Gasteiger partial charge is 0.240 e. The first-order chi connectivity index (χ1) is 28.6. The van der Waals surface area contributed by atoms with Crippen LogP contribution in [0.3, 0.4) is 0 Å². The van der Waals surface area contributed by atoms with Crippen LogP contribution < -0.4 is 31.5 Å². The van der Waals surface area contributed by atoms with Gasteiger partial charge in [-0.3, -0.25) is 0 Å². The van der Waals surface area contributed by atoms with E-state index in [0.29, 0.717) is 54.9 Å². The molecule has 302 valence electrons. The third kappa shape index (κ3) is 12.8.